The minimum Gasteiger partial charge on any atom is -0.360 e. The molecule has 2 aromatic rings. The summed E-state index contributed by atoms with van der Waals surface area (Å²) in [6.07, 6.45) is 3.51. The Hall–Kier alpha value is -2.45. The van der Waals surface area contributed by atoms with Gasteiger partial charge in [0.05, 0.1) is 11.8 Å². The topological polar surface area (TPSA) is 91.4 Å². The second-order valence-corrected chi connectivity index (χ2v) is 6.64. The number of carbonyl (C=O) groups excluding carboxylic acids is 1. The number of hydrogen-bond acceptors (Lipinski definition) is 5. The van der Waals surface area contributed by atoms with E-state index in [0.29, 0.717) is 16.8 Å². The molecule has 1 aromatic heterocycles. The average molecular weight is 318 g/mol. The molecule has 0 radical (unpaired) electrons. The van der Waals surface area contributed by atoms with Crippen LogP contribution in [0.5, 0.6) is 0 Å². The zero-order valence-corrected chi connectivity index (χ0v) is 12.5. The van der Waals surface area contributed by atoms with Gasteiger partial charge in [-0.25, -0.2) is 13.4 Å². The fourth-order valence-corrected chi connectivity index (χ4v) is 2.84. The molecule has 1 aromatic carbocycles. The van der Waals surface area contributed by atoms with Crippen molar-refractivity contribution in [1.29, 1.82) is 0 Å². The summed E-state index contributed by atoms with van der Waals surface area (Å²) in [4.78, 5) is 18.9. The first-order chi connectivity index (χ1) is 10.5. The second kappa shape index (κ2) is 5.39. The van der Waals surface area contributed by atoms with Crippen LogP contribution >= 0.6 is 0 Å². The first-order valence-corrected chi connectivity index (χ1v) is 8.41. The summed E-state index contributed by atoms with van der Waals surface area (Å²) in [6.45, 7) is 0. The number of amides is 1. The van der Waals surface area contributed by atoms with Crippen LogP contribution in [0, 0.1) is 0 Å². The summed E-state index contributed by atoms with van der Waals surface area (Å²) in [5.41, 5.74) is 1.72. The zero-order chi connectivity index (χ0) is 15.7. The summed E-state index contributed by atoms with van der Waals surface area (Å²) in [6, 6.07) is 10.4. The first kappa shape index (κ1) is 14.5. The number of nitrogens with zero attached hydrogens (tertiary/aromatic N) is 2. The van der Waals surface area contributed by atoms with Crippen LogP contribution in [-0.4, -0.2) is 30.6 Å². The summed E-state index contributed by atoms with van der Waals surface area (Å²) in [7, 11) is -3.61. The number of anilines is 1. The molecule has 1 aliphatic heterocycles. The fraction of sp³-hybridized carbons (Fsp3) is 0.143. The number of benzene rings is 1. The maximum Gasteiger partial charge on any atom is 0.273 e. The van der Waals surface area contributed by atoms with Crippen molar-refractivity contribution in [2.45, 2.75) is 6.17 Å². The zero-order valence-electron chi connectivity index (χ0n) is 11.7. The molecule has 0 fully saturated rings. The Kier molecular flexibility index (Phi) is 3.55. The molecular formula is C14H14N4O3S. The maximum absolute atomic E-state index is 12.6. The van der Waals surface area contributed by atoms with Crippen LogP contribution in [-0.2, 0) is 10.0 Å². The molecule has 0 unspecified atom stereocenters. The molecule has 0 bridgehead atoms. The molecule has 3 rings (SSSR count). The number of aromatic nitrogens is 1. The van der Waals surface area contributed by atoms with Gasteiger partial charge >= 0.3 is 0 Å². The van der Waals surface area contributed by atoms with Crippen LogP contribution in [0.3, 0.4) is 0 Å². The third kappa shape index (κ3) is 2.78. The van der Waals surface area contributed by atoms with E-state index in [9.17, 15) is 13.2 Å². The van der Waals surface area contributed by atoms with Crippen molar-refractivity contribution < 1.29 is 13.2 Å². The van der Waals surface area contributed by atoms with Gasteiger partial charge in [0, 0.05) is 23.6 Å². The third-order valence-corrected chi connectivity index (χ3v) is 3.72. The van der Waals surface area contributed by atoms with Crippen molar-refractivity contribution in [2.75, 3.05) is 11.6 Å². The molecule has 0 saturated heterocycles. The lowest BCUT2D eigenvalue weighted by Crippen LogP contribution is -2.52. The van der Waals surface area contributed by atoms with E-state index in [1.807, 2.05) is 0 Å². The van der Waals surface area contributed by atoms with Gasteiger partial charge in [0.25, 0.3) is 5.91 Å². The van der Waals surface area contributed by atoms with Crippen LogP contribution in [0.1, 0.15) is 22.1 Å². The van der Waals surface area contributed by atoms with Gasteiger partial charge in [-0.3, -0.25) is 9.78 Å². The highest BCUT2D eigenvalue weighted by Crippen LogP contribution is 2.31. The van der Waals surface area contributed by atoms with Crippen molar-refractivity contribution in [2.24, 2.45) is 0 Å². The van der Waals surface area contributed by atoms with E-state index in [4.69, 9.17) is 0 Å². The largest absolute Gasteiger partial charge is 0.360 e. The van der Waals surface area contributed by atoms with E-state index < -0.39 is 22.1 Å². The van der Waals surface area contributed by atoms with Crippen molar-refractivity contribution in [3.8, 4) is 0 Å². The van der Waals surface area contributed by atoms with Crippen molar-refractivity contribution in [3.63, 3.8) is 0 Å². The van der Waals surface area contributed by atoms with Crippen molar-refractivity contribution in [1.82, 2.24) is 14.8 Å². The second-order valence-electron chi connectivity index (χ2n) is 4.92. The molecule has 2 N–H and O–H groups in total. The van der Waals surface area contributed by atoms with E-state index in [1.165, 1.54) is 0 Å². The number of nitrogens with one attached hydrogen (secondary N) is 2. The van der Waals surface area contributed by atoms with Gasteiger partial charge in [-0.15, -0.1) is 4.83 Å². The Morgan fingerprint density at radius 2 is 2.00 bits per heavy atom. The number of sulfonamides is 1. The first-order valence-electron chi connectivity index (χ1n) is 6.52. The molecule has 0 aliphatic carbocycles. The van der Waals surface area contributed by atoms with E-state index in [-0.39, 0.29) is 0 Å². The van der Waals surface area contributed by atoms with E-state index in [2.05, 4.69) is 15.1 Å². The molecule has 1 aliphatic rings. The molecule has 114 valence electrons. The third-order valence-electron chi connectivity index (χ3n) is 3.19. The minimum absolute atomic E-state index is 0.402. The van der Waals surface area contributed by atoms with Gasteiger partial charge in [0.1, 0.15) is 6.17 Å². The van der Waals surface area contributed by atoms with Gasteiger partial charge in [0.2, 0.25) is 10.0 Å². The summed E-state index contributed by atoms with van der Waals surface area (Å²) in [5.74, 6) is -0.423. The molecule has 1 amide bonds. The lowest BCUT2D eigenvalue weighted by atomic mass is 10.1. The molecule has 0 saturated carbocycles. The van der Waals surface area contributed by atoms with Gasteiger partial charge in [-0.2, -0.15) is 0 Å². The number of carbonyl (C=O) groups is 1. The Bertz CT molecular complexity index is 808. The summed E-state index contributed by atoms with van der Waals surface area (Å²) in [5, 5.41) is 4.22. The highest BCUT2D eigenvalue weighted by Gasteiger charge is 2.34. The van der Waals surface area contributed by atoms with Crippen LogP contribution in [0.2, 0.25) is 0 Å². The van der Waals surface area contributed by atoms with Crippen LogP contribution in [0.15, 0.2) is 48.8 Å². The molecule has 8 heteroatoms. The standard InChI is InChI=1S/C14H14N4O3S/c1-22(20,21)17-18-13(10-5-4-8-15-9-10)16-12-7-3-2-6-11(12)14(18)19/h2-9,13,16-17H,1H3/t13-/m0/s1. The fourth-order valence-electron chi connectivity index (χ4n) is 2.30. The number of rotatable bonds is 3. The smallest absolute Gasteiger partial charge is 0.273 e. The van der Waals surface area contributed by atoms with Crippen LogP contribution < -0.4 is 10.1 Å². The molecule has 7 nitrogen and oxygen atoms in total. The Morgan fingerprint density at radius 1 is 1.23 bits per heavy atom. The van der Waals surface area contributed by atoms with Gasteiger partial charge < -0.3 is 5.32 Å². The van der Waals surface area contributed by atoms with Gasteiger partial charge in [-0.1, -0.05) is 18.2 Å². The number of pyridine rings is 1. The predicted octanol–water partition coefficient (Wildman–Crippen LogP) is 1.11. The Balaban J connectivity index is 2.08. The predicted molar refractivity (Wildman–Crippen MR) is 81.2 cm³/mol. The minimum atomic E-state index is -3.61. The molecule has 0 spiro atoms. The molecule has 22 heavy (non-hydrogen) atoms. The molecule has 1 atom stereocenters. The van der Waals surface area contributed by atoms with Gasteiger partial charge in [0.15, 0.2) is 0 Å². The van der Waals surface area contributed by atoms with Crippen LogP contribution in [0.25, 0.3) is 0 Å². The van der Waals surface area contributed by atoms with Crippen molar-refractivity contribution in [3.05, 3.63) is 59.9 Å². The summed E-state index contributed by atoms with van der Waals surface area (Å²) < 4.78 is 23.2. The molecule has 2 heterocycles. The van der Waals surface area contributed by atoms with E-state index in [0.717, 1.165) is 11.3 Å². The number of fused-ring (bicyclic) bond motifs is 1. The van der Waals surface area contributed by atoms with Crippen molar-refractivity contribution >= 4 is 21.6 Å². The number of para-hydroxylation sites is 1. The lowest BCUT2D eigenvalue weighted by molar-refractivity contribution is 0.0633. The number of hydrogen-bond donors (Lipinski definition) is 2. The highest BCUT2D eigenvalue weighted by atomic mass is 32.2. The average Bonchev–Trinajstić information content (AvgIpc) is 2.50. The molecular weight excluding hydrogens is 304 g/mol. The highest BCUT2D eigenvalue weighted by molar-refractivity contribution is 7.88. The van der Waals surface area contributed by atoms with E-state index in [1.54, 1.807) is 48.8 Å². The maximum atomic E-state index is 12.6. The monoisotopic (exact) mass is 318 g/mol. The van der Waals surface area contributed by atoms with E-state index >= 15 is 0 Å². The Morgan fingerprint density at radius 3 is 2.68 bits per heavy atom. The SMILES string of the molecule is CS(=O)(=O)NN1C(=O)c2ccccc2N[C@@H]1c1cccnc1. The van der Waals surface area contributed by atoms with Crippen LogP contribution in [0.4, 0.5) is 5.69 Å². The lowest BCUT2D eigenvalue weighted by Gasteiger charge is -2.37. The normalized spacial score (nSPS) is 17.8. The summed E-state index contributed by atoms with van der Waals surface area (Å²) >= 11 is 0. The number of hydrazine groups is 1. The Labute approximate surface area is 128 Å². The quantitative estimate of drug-likeness (QED) is 0.884. The van der Waals surface area contributed by atoms with Gasteiger partial charge in [-0.05, 0) is 18.2 Å².